The molecule has 0 spiro atoms. The molecule has 0 unspecified atom stereocenters. The van der Waals surface area contributed by atoms with E-state index in [1.54, 1.807) is 0 Å². The summed E-state index contributed by atoms with van der Waals surface area (Å²) in [5.74, 6) is 0. The van der Waals surface area contributed by atoms with Gasteiger partial charge in [-0.1, -0.05) is 0 Å². The molecule has 0 aliphatic rings. The molecule has 0 atom stereocenters. The Morgan fingerprint density at radius 2 is 0.960 bits per heavy atom. The van der Waals surface area contributed by atoms with Crippen LogP contribution >= 0.6 is 45.9 Å². The van der Waals surface area contributed by atoms with Gasteiger partial charge in [0, 0.05) is 0 Å². The van der Waals surface area contributed by atoms with Crippen molar-refractivity contribution in [3.05, 3.63) is 93.6 Å². The first-order valence-corrected chi connectivity index (χ1v) is 18.1. The van der Waals surface area contributed by atoms with Crippen LogP contribution in [0.2, 0.25) is 10.0 Å². The summed E-state index contributed by atoms with van der Waals surface area (Å²) < 4.78 is 5.84. The van der Waals surface area contributed by atoms with Crippen molar-refractivity contribution in [1.82, 2.24) is 0 Å². The minimum atomic E-state index is -3.50. The SMILES string of the molecule is Clc1cc[c]([Pb]([c]2ccc(Cl)cc2)([c]2cccs2)[c]2cccs2)cc1. The number of hydrogen-bond donors (Lipinski definition) is 0. The van der Waals surface area contributed by atoms with Crippen molar-refractivity contribution in [2.75, 3.05) is 0 Å². The van der Waals surface area contributed by atoms with E-state index in [0.29, 0.717) is 0 Å². The Labute approximate surface area is 170 Å². The van der Waals surface area contributed by atoms with E-state index in [1.807, 2.05) is 46.9 Å². The van der Waals surface area contributed by atoms with Gasteiger partial charge in [0.15, 0.2) is 0 Å². The molecule has 124 valence electrons. The Hall–Kier alpha value is -0.658. The fourth-order valence-electron chi connectivity index (χ4n) is 3.24. The van der Waals surface area contributed by atoms with E-state index in [4.69, 9.17) is 23.2 Å². The van der Waals surface area contributed by atoms with Gasteiger partial charge < -0.3 is 0 Å². The van der Waals surface area contributed by atoms with E-state index in [2.05, 4.69) is 59.3 Å². The summed E-state index contributed by atoms with van der Waals surface area (Å²) in [6.07, 6.45) is 0. The summed E-state index contributed by atoms with van der Waals surface area (Å²) >= 11 is 12.6. The van der Waals surface area contributed by atoms with Gasteiger partial charge in [0.2, 0.25) is 0 Å². The second-order valence-electron chi connectivity index (χ2n) is 5.72. The zero-order valence-electron chi connectivity index (χ0n) is 13.2. The topological polar surface area (TPSA) is 0 Å². The Morgan fingerprint density at radius 3 is 1.28 bits per heavy atom. The zero-order chi connectivity index (χ0) is 17.3. The van der Waals surface area contributed by atoms with E-state index in [0.717, 1.165) is 10.0 Å². The molecule has 4 rings (SSSR count). The van der Waals surface area contributed by atoms with E-state index in [9.17, 15) is 0 Å². The van der Waals surface area contributed by atoms with Gasteiger partial charge >= 0.3 is 172 Å². The maximum absolute atomic E-state index is 6.19. The van der Waals surface area contributed by atoms with Crippen molar-refractivity contribution >= 4 is 78.2 Å². The molecule has 0 amide bonds. The summed E-state index contributed by atoms with van der Waals surface area (Å²) in [6, 6.07) is 25.9. The molecule has 5 heteroatoms. The maximum atomic E-state index is 6.19. The first kappa shape index (κ1) is 17.7. The van der Waals surface area contributed by atoms with Gasteiger partial charge in [0.05, 0.1) is 0 Å². The number of thiophene rings is 2. The summed E-state index contributed by atoms with van der Waals surface area (Å²) in [7, 11) is 0. The van der Waals surface area contributed by atoms with Crippen LogP contribution in [0, 0.1) is 0 Å². The third kappa shape index (κ3) is 3.23. The second-order valence-corrected chi connectivity index (χ2v) is 25.8. The van der Waals surface area contributed by atoms with Crippen LogP contribution in [0.1, 0.15) is 0 Å². The molecule has 0 fully saturated rings. The summed E-state index contributed by atoms with van der Waals surface area (Å²) in [4.78, 5) is 0. The van der Waals surface area contributed by atoms with Crippen LogP contribution in [0.3, 0.4) is 0 Å². The van der Waals surface area contributed by atoms with Gasteiger partial charge in [-0.2, -0.15) is 0 Å². The summed E-state index contributed by atoms with van der Waals surface area (Å²) in [5.41, 5.74) is 0. The van der Waals surface area contributed by atoms with Crippen LogP contribution in [-0.4, -0.2) is 21.2 Å². The van der Waals surface area contributed by atoms with E-state index < -0.39 is 21.2 Å². The van der Waals surface area contributed by atoms with Crippen LogP contribution in [0.15, 0.2) is 83.6 Å². The van der Waals surface area contributed by atoms with E-state index in [1.165, 1.54) is 11.1 Å². The third-order valence-corrected chi connectivity index (χ3v) is 30.7. The molecule has 2 heterocycles. The minimum absolute atomic E-state index is 0.777. The molecule has 0 bridgehead atoms. The van der Waals surface area contributed by atoms with Gasteiger partial charge in [-0.25, -0.2) is 0 Å². The zero-order valence-corrected chi connectivity index (χ0v) is 20.2. The predicted molar refractivity (Wildman–Crippen MR) is 116 cm³/mol. The Morgan fingerprint density at radius 1 is 0.560 bits per heavy atom. The van der Waals surface area contributed by atoms with E-state index >= 15 is 0 Å². The second kappa shape index (κ2) is 7.53. The predicted octanol–water partition coefficient (Wildman–Crippen LogP) is 4.49. The molecule has 0 nitrogen and oxygen atoms in total. The number of hydrogen-bond acceptors (Lipinski definition) is 2. The van der Waals surface area contributed by atoms with Crippen molar-refractivity contribution in [1.29, 1.82) is 0 Å². The summed E-state index contributed by atoms with van der Waals surface area (Å²) in [6.45, 7) is 0. The first-order valence-electron chi connectivity index (χ1n) is 7.81. The third-order valence-electron chi connectivity index (χ3n) is 4.34. The van der Waals surface area contributed by atoms with Gasteiger partial charge in [-0.15, -0.1) is 0 Å². The monoisotopic (exact) mass is 596 g/mol. The van der Waals surface area contributed by atoms with Crippen molar-refractivity contribution < 1.29 is 0 Å². The molecular formula is C20H14Cl2PbS2. The fourth-order valence-corrected chi connectivity index (χ4v) is 31.7. The molecular weight excluding hydrogens is 582 g/mol. The normalized spacial score (nSPS) is 11.6. The van der Waals surface area contributed by atoms with Gasteiger partial charge in [0.25, 0.3) is 0 Å². The Bertz CT molecular complexity index is 862. The molecule has 0 aliphatic carbocycles. The van der Waals surface area contributed by atoms with Crippen molar-refractivity contribution in [2.24, 2.45) is 0 Å². The van der Waals surface area contributed by atoms with Crippen LogP contribution in [-0.2, 0) is 0 Å². The molecule has 0 saturated carbocycles. The molecule has 0 radical (unpaired) electrons. The standard InChI is InChI=1S/2C6H4Cl.2C4H3S.Pb/c2*7-6-4-2-1-3-5-6;2*1-2-4-5-3-1;/h2*2-5H;2*1-3H;. The Balaban J connectivity index is 2.08. The number of benzene rings is 2. The van der Waals surface area contributed by atoms with Gasteiger partial charge in [-0.3, -0.25) is 0 Å². The summed E-state index contributed by atoms with van der Waals surface area (Å²) in [5, 5.41) is 5.92. The fraction of sp³-hybridized carbons (Fsp3) is 0. The molecule has 0 saturated heterocycles. The molecule has 0 N–H and O–H groups in total. The molecule has 2 aromatic heterocycles. The number of halogens is 2. The van der Waals surface area contributed by atoms with Crippen LogP contribution in [0.25, 0.3) is 0 Å². The Kier molecular flexibility index (Phi) is 5.34. The average molecular weight is 597 g/mol. The first-order chi connectivity index (χ1) is 12.2. The van der Waals surface area contributed by atoms with Gasteiger partial charge in [-0.05, 0) is 0 Å². The number of rotatable bonds is 4. The quantitative estimate of drug-likeness (QED) is 0.305. The molecule has 25 heavy (non-hydrogen) atoms. The molecule has 0 aliphatic heterocycles. The molecule has 4 aromatic rings. The average Bonchev–Trinajstić information content (AvgIpc) is 3.33. The van der Waals surface area contributed by atoms with Crippen molar-refractivity contribution in [3.63, 3.8) is 0 Å². The van der Waals surface area contributed by atoms with Crippen molar-refractivity contribution in [3.8, 4) is 0 Å². The van der Waals surface area contributed by atoms with Crippen LogP contribution in [0.4, 0.5) is 0 Å². The van der Waals surface area contributed by atoms with Crippen molar-refractivity contribution in [2.45, 2.75) is 0 Å². The van der Waals surface area contributed by atoms with E-state index in [-0.39, 0.29) is 0 Å². The van der Waals surface area contributed by atoms with Crippen LogP contribution in [0.5, 0.6) is 0 Å². The molecule has 2 aromatic carbocycles. The van der Waals surface area contributed by atoms with Gasteiger partial charge in [0.1, 0.15) is 0 Å². The van der Waals surface area contributed by atoms with Crippen LogP contribution < -0.4 is 11.1 Å².